The van der Waals surface area contributed by atoms with Crippen molar-refractivity contribution in [1.29, 1.82) is 0 Å². The molecule has 0 spiro atoms. The van der Waals surface area contributed by atoms with Gasteiger partial charge < -0.3 is 15.1 Å². The molecule has 1 heterocycles. The van der Waals surface area contributed by atoms with Crippen LogP contribution in [0, 0.1) is 5.92 Å². The molecule has 6 nitrogen and oxygen atoms in total. The molecule has 1 aromatic heterocycles. The number of nitrogens with zero attached hydrogens (tertiary/aromatic N) is 4. The summed E-state index contributed by atoms with van der Waals surface area (Å²) in [7, 11) is 7.75. The van der Waals surface area contributed by atoms with Crippen molar-refractivity contribution in [2.45, 2.75) is 26.3 Å². The summed E-state index contributed by atoms with van der Waals surface area (Å²) in [4.78, 5) is 16.0. The highest BCUT2D eigenvalue weighted by atomic mass is 16.2. The maximum atomic E-state index is 12.1. The average Bonchev–Trinajstić information content (AvgIpc) is 2.84. The number of aryl methyl sites for hydroxylation is 1. The number of hydrogen-bond acceptors (Lipinski definition) is 3. The van der Waals surface area contributed by atoms with Crippen LogP contribution < -0.4 is 5.32 Å². The Morgan fingerprint density at radius 1 is 1.43 bits per heavy atom. The van der Waals surface area contributed by atoms with E-state index in [1.165, 1.54) is 0 Å². The molecular weight excluding hydrogens is 266 g/mol. The zero-order chi connectivity index (χ0) is 16.0. The first-order valence-electron chi connectivity index (χ1n) is 7.49. The second-order valence-corrected chi connectivity index (χ2v) is 6.01. The Kier molecular flexibility index (Phi) is 6.68. The summed E-state index contributed by atoms with van der Waals surface area (Å²) >= 11 is 0. The second-order valence-electron chi connectivity index (χ2n) is 6.01. The third-order valence-corrected chi connectivity index (χ3v) is 3.81. The van der Waals surface area contributed by atoms with Gasteiger partial charge in [-0.25, -0.2) is 4.79 Å². The van der Waals surface area contributed by atoms with Gasteiger partial charge in [-0.1, -0.05) is 20.3 Å². The maximum Gasteiger partial charge on any atom is 0.317 e. The molecule has 0 fully saturated rings. The maximum absolute atomic E-state index is 12.1. The Morgan fingerprint density at radius 3 is 2.57 bits per heavy atom. The largest absolute Gasteiger partial charge is 0.336 e. The minimum absolute atomic E-state index is 0.0222. The van der Waals surface area contributed by atoms with E-state index in [1.807, 2.05) is 40.6 Å². The predicted molar refractivity (Wildman–Crippen MR) is 85.1 cm³/mol. The highest BCUT2D eigenvalue weighted by Crippen LogP contribution is 2.16. The monoisotopic (exact) mass is 295 g/mol. The Bertz CT molecular complexity index is 443. The Balaban J connectivity index is 2.56. The number of aromatic nitrogens is 2. The van der Waals surface area contributed by atoms with Gasteiger partial charge in [0, 0.05) is 38.9 Å². The topological polar surface area (TPSA) is 53.4 Å². The number of hydrogen-bond donors (Lipinski definition) is 1. The van der Waals surface area contributed by atoms with Crippen LogP contribution in [0.2, 0.25) is 0 Å². The van der Waals surface area contributed by atoms with Gasteiger partial charge in [-0.05, 0) is 20.0 Å². The number of nitrogens with one attached hydrogen (secondary N) is 1. The predicted octanol–water partition coefficient (Wildman–Crippen LogP) is 1.71. The van der Waals surface area contributed by atoms with Crippen LogP contribution in [-0.2, 0) is 7.05 Å². The molecule has 120 valence electrons. The summed E-state index contributed by atoms with van der Waals surface area (Å²) in [5, 5.41) is 7.21. The molecular formula is C15H29N5O. The van der Waals surface area contributed by atoms with Crippen LogP contribution in [0.5, 0.6) is 0 Å². The van der Waals surface area contributed by atoms with Gasteiger partial charge in [0.25, 0.3) is 0 Å². The molecule has 0 aliphatic rings. The fraction of sp³-hybridized carbons (Fsp3) is 0.733. The second kappa shape index (κ2) is 8.02. The number of amides is 2. The number of carbonyl (C=O) groups excluding carboxylic acids is 1. The van der Waals surface area contributed by atoms with Crippen LogP contribution in [-0.4, -0.2) is 59.8 Å². The van der Waals surface area contributed by atoms with Gasteiger partial charge in [-0.2, -0.15) is 5.10 Å². The molecule has 0 radical (unpaired) electrons. The van der Waals surface area contributed by atoms with E-state index in [4.69, 9.17) is 0 Å². The van der Waals surface area contributed by atoms with Crippen LogP contribution in [0.3, 0.4) is 0 Å². The SMILES string of the molecule is CC[C@@H](C)CN(C)C(=O)NC[C@H](c1cnn(C)c1)N(C)C. The molecule has 1 rings (SSSR count). The summed E-state index contributed by atoms with van der Waals surface area (Å²) < 4.78 is 1.78. The average molecular weight is 295 g/mol. The van der Waals surface area contributed by atoms with Crippen LogP contribution in [0.25, 0.3) is 0 Å². The minimum atomic E-state index is -0.0222. The van der Waals surface area contributed by atoms with Crippen LogP contribution in [0.1, 0.15) is 31.9 Å². The zero-order valence-electron chi connectivity index (χ0n) is 14.1. The number of rotatable bonds is 7. The van der Waals surface area contributed by atoms with Crippen molar-refractivity contribution < 1.29 is 4.79 Å². The third-order valence-electron chi connectivity index (χ3n) is 3.81. The van der Waals surface area contributed by atoms with Crippen LogP contribution in [0.4, 0.5) is 4.79 Å². The van der Waals surface area contributed by atoms with E-state index < -0.39 is 0 Å². The van der Waals surface area contributed by atoms with Gasteiger partial charge in [0.2, 0.25) is 0 Å². The first-order chi connectivity index (χ1) is 9.85. The molecule has 0 unspecified atom stereocenters. The summed E-state index contributed by atoms with van der Waals surface area (Å²) in [5.41, 5.74) is 1.10. The molecule has 6 heteroatoms. The summed E-state index contributed by atoms with van der Waals surface area (Å²) in [6.07, 6.45) is 4.91. The van der Waals surface area contributed by atoms with Crippen molar-refractivity contribution in [2.24, 2.45) is 13.0 Å². The fourth-order valence-corrected chi connectivity index (χ4v) is 2.21. The van der Waals surface area contributed by atoms with Crippen molar-refractivity contribution in [3.63, 3.8) is 0 Å². The van der Waals surface area contributed by atoms with E-state index in [-0.39, 0.29) is 12.1 Å². The van der Waals surface area contributed by atoms with E-state index in [9.17, 15) is 4.79 Å². The molecule has 2 atom stereocenters. The highest BCUT2D eigenvalue weighted by molar-refractivity contribution is 5.73. The molecule has 0 aliphatic carbocycles. The van der Waals surface area contributed by atoms with Crippen molar-refractivity contribution in [2.75, 3.05) is 34.2 Å². The van der Waals surface area contributed by atoms with E-state index in [2.05, 4.69) is 29.2 Å². The smallest absolute Gasteiger partial charge is 0.317 e. The van der Waals surface area contributed by atoms with E-state index in [0.29, 0.717) is 12.5 Å². The van der Waals surface area contributed by atoms with Crippen molar-refractivity contribution in [3.8, 4) is 0 Å². The zero-order valence-corrected chi connectivity index (χ0v) is 14.1. The quantitative estimate of drug-likeness (QED) is 0.833. The van der Waals surface area contributed by atoms with E-state index >= 15 is 0 Å². The lowest BCUT2D eigenvalue weighted by atomic mass is 10.1. The summed E-state index contributed by atoms with van der Waals surface area (Å²) in [5.74, 6) is 0.517. The fourth-order valence-electron chi connectivity index (χ4n) is 2.21. The standard InChI is InChI=1S/C15H29N5O/c1-7-12(2)10-19(5)15(21)16-9-14(18(3)4)13-8-17-20(6)11-13/h8,11-12,14H,7,9-10H2,1-6H3,(H,16,21)/t12-,14-/m1/s1. The molecule has 0 aliphatic heterocycles. The Labute approximate surface area is 128 Å². The van der Waals surface area contributed by atoms with Gasteiger partial charge in [0.1, 0.15) is 0 Å². The van der Waals surface area contributed by atoms with Crippen molar-refractivity contribution in [1.82, 2.24) is 24.9 Å². The number of carbonyl (C=O) groups is 1. The van der Waals surface area contributed by atoms with Crippen LogP contribution >= 0.6 is 0 Å². The van der Waals surface area contributed by atoms with Crippen molar-refractivity contribution in [3.05, 3.63) is 18.0 Å². The molecule has 0 saturated heterocycles. The number of urea groups is 1. The normalized spacial score (nSPS) is 14.0. The molecule has 1 N–H and O–H groups in total. The number of likely N-dealkylation sites (N-methyl/N-ethyl adjacent to an activating group) is 1. The lowest BCUT2D eigenvalue weighted by Crippen LogP contribution is -2.42. The van der Waals surface area contributed by atoms with Gasteiger partial charge in [-0.3, -0.25) is 4.68 Å². The molecule has 1 aromatic rings. The molecule has 0 aromatic carbocycles. The lowest BCUT2D eigenvalue weighted by Gasteiger charge is -2.26. The molecule has 0 saturated carbocycles. The Hall–Kier alpha value is -1.56. The van der Waals surface area contributed by atoms with Crippen LogP contribution in [0.15, 0.2) is 12.4 Å². The first-order valence-corrected chi connectivity index (χ1v) is 7.49. The van der Waals surface area contributed by atoms with E-state index in [1.54, 1.807) is 9.58 Å². The molecule has 2 amide bonds. The van der Waals surface area contributed by atoms with Gasteiger partial charge in [-0.15, -0.1) is 0 Å². The van der Waals surface area contributed by atoms with Crippen molar-refractivity contribution >= 4 is 6.03 Å². The molecule has 21 heavy (non-hydrogen) atoms. The lowest BCUT2D eigenvalue weighted by molar-refractivity contribution is 0.195. The van der Waals surface area contributed by atoms with Gasteiger partial charge >= 0.3 is 6.03 Å². The van der Waals surface area contributed by atoms with Gasteiger partial charge in [0.15, 0.2) is 0 Å². The third kappa shape index (κ3) is 5.38. The van der Waals surface area contributed by atoms with E-state index in [0.717, 1.165) is 18.5 Å². The Morgan fingerprint density at radius 2 is 2.10 bits per heavy atom. The minimum Gasteiger partial charge on any atom is -0.336 e. The molecule has 0 bridgehead atoms. The first kappa shape index (κ1) is 17.5. The highest BCUT2D eigenvalue weighted by Gasteiger charge is 2.18. The van der Waals surface area contributed by atoms with Gasteiger partial charge in [0.05, 0.1) is 12.2 Å². The summed E-state index contributed by atoms with van der Waals surface area (Å²) in [6, 6.07) is 0.102. The summed E-state index contributed by atoms with van der Waals surface area (Å²) in [6.45, 7) is 5.65.